The van der Waals surface area contributed by atoms with Crippen LogP contribution in [0.4, 0.5) is 5.82 Å². The zero-order chi connectivity index (χ0) is 20.8. The number of nitrogens with one attached hydrogen (secondary N) is 1. The van der Waals surface area contributed by atoms with Crippen molar-refractivity contribution in [1.82, 2.24) is 20.5 Å². The van der Waals surface area contributed by atoms with Crippen LogP contribution in [0.3, 0.4) is 0 Å². The third-order valence-electron chi connectivity index (χ3n) is 6.34. The second-order valence-electron chi connectivity index (χ2n) is 8.54. The van der Waals surface area contributed by atoms with Crippen LogP contribution in [0.2, 0.25) is 0 Å². The van der Waals surface area contributed by atoms with E-state index in [-0.39, 0.29) is 0 Å². The molecule has 3 aliphatic rings. The number of anilines is 1. The summed E-state index contributed by atoms with van der Waals surface area (Å²) >= 11 is 0. The molecule has 1 saturated heterocycles. The van der Waals surface area contributed by atoms with Gasteiger partial charge in [0.05, 0.1) is 13.3 Å². The molecule has 1 aliphatic carbocycles. The van der Waals surface area contributed by atoms with Gasteiger partial charge in [-0.05, 0) is 54.2 Å². The van der Waals surface area contributed by atoms with Crippen LogP contribution in [0, 0.1) is 0 Å². The molecule has 2 fully saturated rings. The third-order valence-corrected chi connectivity index (χ3v) is 6.34. The average molecular weight is 415 g/mol. The molecule has 2 aliphatic heterocycles. The van der Waals surface area contributed by atoms with E-state index >= 15 is 0 Å². The van der Waals surface area contributed by atoms with Gasteiger partial charge in [0.1, 0.15) is 12.4 Å². The first-order valence-corrected chi connectivity index (χ1v) is 10.9. The van der Waals surface area contributed by atoms with Crippen molar-refractivity contribution < 1.29 is 9.47 Å². The van der Waals surface area contributed by atoms with Crippen molar-refractivity contribution in [2.24, 2.45) is 0 Å². The van der Waals surface area contributed by atoms with E-state index in [1.165, 1.54) is 24.8 Å². The number of methoxy groups -OCH3 is 1. The molecule has 1 N–H and O–H groups in total. The number of nitrogens with zero attached hydrogens (tertiary/aromatic N) is 4. The molecule has 0 spiro atoms. The van der Waals surface area contributed by atoms with E-state index in [1.54, 1.807) is 13.3 Å². The van der Waals surface area contributed by atoms with Crippen LogP contribution in [0.15, 0.2) is 42.6 Å². The molecular formula is C24H25N5O2. The summed E-state index contributed by atoms with van der Waals surface area (Å²) < 4.78 is 11.3. The number of fused-ring (bicyclic) bond motifs is 3. The Morgan fingerprint density at radius 1 is 1.03 bits per heavy atom. The maximum absolute atomic E-state index is 6.08. The molecule has 0 radical (unpaired) electrons. The Morgan fingerprint density at radius 3 is 2.81 bits per heavy atom. The highest BCUT2D eigenvalue weighted by molar-refractivity contribution is 5.78. The topological polar surface area (TPSA) is 72.4 Å². The molecule has 1 saturated carbocycles. The van der Waals surface area contributed by atoms with Crippen molar-refractivity contribution >= 4 is 5.82 Å². The fourth-order valence-electron chi connectivity index (χ4n) is 4.52. The van der Waals surface area contributed by atoms with Crippen molar-refractivity contribution in [3.05, 3.63) is 48.2 Å². The molecule has 6 rings (SSSR count). The van der Waals surface area contributed by atoms with Crippen LogP contribution in [0.1, 0.15) is 24.8 Å². The lowest BCUT2D eigenvalue weighted by molar-refractivity contribution is 0.290. The van der Waals surface area contributed by atoms with E-state index in [9.17, 15) is 0 Å². The molecule has 1 unspecified atom stereocenters. The highest BCUT2D eigenvalue weighted by Gasteiger charge is 2.30. The molecule has 0 amide bonds. The lowest BCUT2D eigenvalue weighted by Crippen LogP contribution is -2.34. The van der Waals surface area contributed by atoms with Gasteiger partial charge in [0.15, 0.2) is 0 Å². The minimum absolute atomic E-state index is 0.505. The molecule has 2 aromatic heterocycles. The number of benzene rings is 1. The number of hydrogen-bond acceptors (Lipinski definition) is 7. The number of ether oxygens (including phenoxy) is 2. The van der Waals surface area contributed by atoms with Crippen LogP contribution in [-0.4, -0.2) is 47.5 Å². The summed E-state index contributed by atoms with van der Waals surface area (Å²) in [5.41, 5.74) is 5.40. The summed E-state index contributed by atoms with van der Waals surface area (Å²) in [6.45, 7) is 2.57. The summed E-state index contributed by atoms with van der Waals surface area (Å²) in [5, 5.41) is 11.7. The molecule has 1 atom stereocenters. The Hall–Kier alpha value is -3.19. The average Bonchev–Trinajstić information content (AvgIpc) is 3.52. The van der Waals surface area contributed by atoms with Crippen molar-refractivity contribution in [2.45, 2.75) is 38.0 Å². The van der Waals surface area contributed by atoms with Gasteiger partial charge in [0.2, 0.25) is 11.8 Å². The van der Waals surface area contributed by atoms with E-state index in [0.717, 1.165) is 53.1 Å². The summed E-state index contributed by atoms with van der Waals surface area (Å²) in [6.07, 6.45) is 5.58. The normalized spacial score (nSPS) is 19.5. The van der Waals surface area contributed by atoms with Crippen LogP contribution in [0.25, 0.3) is 22.3 Å². The first-order valence-electron chi connectivity index (χ1n) is 10.9. The standard InChI is InChI=1S/C24H25N5O2/c1-30-23-11-16(12-25-28-23)15-2-5-20-17(10-15)14-31-24-21(20)6-7-22(27-24)29-9-8-19(13-29)26-18-3-4-18/h2,5-7,10-12,18-19,26H,3-4,8-9,13-14H2,1H3. The predicted octanol–water partition coefficient (Wildman–Crippen LogP) is 3.44. The van der Waals surface area contributed by atoms with E-state index in [2.05, 4.69) is 50.7 Å². The molecule has 1 aromatic carbocycles. The minimum atomic E-state index is 0.505. The third kappa shape index (κ3) is 3.59. The zero-order valence-corrected chi connectivity index (χ0v) is 17.5. The van der Waals surface area contributed by atoms with Crippen molar-refractivity contribution in [3.8, 4) is 34.0 Å². The van der Waals surface area contributed by atoms with Crippen LogP contribution >= 0.6 is 0 Å². The summed E-state index contributed by atoms with van der Waals surface area (Å²) in [5.74, 6) is 2.24. The first kappa shape index (κ1) is 18.6. The van der Waals surface area contributed by atoms with Gasteiger partial charge >= 0.3 is 0 Å². The smallest absolute Gasteiger partial charge is 0.233 e. The van der Waals surface area contributed by atoms with Gasteiger partial charge in [-0.25, -0.2) is 0 Å². The maximum atomic E-state index is 6.08. The van der Waals surface area contributed by atoms with Gasteiger partial charge in [-0.15, -0.1) is 5.10 Å². The molecule has 7 heteroatoms. The molecule has 7 nitrogen and oxygen atoms in total. The van der Waals surface area contributed by atoms with E-state index in [4.69, 9.17) is 14.5 Å². The van der Waals surface area contributed by atoms with E-state index < -0.39 is 0 Å². The SMILES string of the molecule is COc1cc(-c2ccc3c(c2)COc2nc(N4CCC(NC5CC5)C4)ccc2-3)cnn1. The van der Waals surface area contributed by atoms with Gasteiger partial charge in [-0.2, -0.15) is 10.1 Å². The lowest BCUT2D eigenvalue weighted by Gasteiger charge is -2.24. The van der Waals surface area contributed by atoms with Gasteiger partial charge < -0.3 is 19.7 Å². The lowest BCUT2D eigenvalue weighted by atomic mass is 9.95. The second-order valence-corrected chi connectivity index (χ2v) is 8.54. The Balaban J connectivity index is 1.25. The fourth-order valence-corrected chi connectivity index (χ4v) is 4.52. The summed E-state index contributed by atoms with van der Waals surface area (Å²) in [6, 6.07) is 13.9. The summed E-state index contributed by atoms with van der Waals surface area (Å²) in [4.78, 5) is 7.23. The highest BCUT2D eigenvalue weighted by Crippen LogP contribution is 2.39. The highest BCUT2D eigenvalue weighted by atomic mass is 16.5. The van der Waals surface area contributed by atoms with Crippen molar-refractivity contribution in [3.63, 3.8) is 0 Å². The van der Waals surface area contributed by atoms with Crippen LogP contribution < -0.4 is 19.7 Å². The molecule has 4 heterocycles. The van der Waals surface area contributed by atoms with Crippen molar-refractivity contribution in [2.75, 3.05) is 25.1 Å². The Labute approximate surface area is 181 Å². The van der Waals surface area contributed by atoms with E-state index in [0.29, 0.717) is 18.5 Å². The molecule has 158 valence electrons. The molecule has 0 bridgehead atoms. The minimum Gasteiger partial charge on any atom is -0.480 e. The second kappa shape index (κ2) is 7.50. The maximum Gasteiger partial charge on any atom is 0.233 e. The van der Waals surface area contributed by atoms with Gasteiger partial charge in [0, 0.05) is 42.4 Å². The van der Waals surface area contributed by atoms with E-state index in [1.807, 2.05) is 6.07 Å². The predicted molar refractivity (Wildman–Crippen MR) is 118 cm³/mol. The van der Waals surface area contributed by atoms with Crippen LogP contribution in [-0.2, 0) is 6.61 Å². The largest absolute Gasteiger partial charge is 0.480 e. The van der Waals surface area contributed by atoms with Gasteiger partial charge in [-0.3, -0.25) is 0 Å². The molecular weight excluding hydrogens is 390 g/mol. The molecule has 31 heavy (non-hydrogen) atoms. The van der Waals surface area contributed by atoms with Crippen LogP contribution in [0.5, 0.6) is 11.8 Å². The number of rotatable bonds is 5. The fraction of sp³-hybridized carbons (Fsp3) is 0.375. The van der Waals surface area contributed by atoms with Crippen molar-refractivity contribution in [1.29, 1.82) is 0 Å². The molecule has 3 aromatic rings. The number of hydrogen-bond donors (Lipinski definition) is 1. The van der Waals surface area contributed by atoms with Gasteiger partial charge in [-0.1, -0.05) is 12.1 Å². The Bertz CT molecular complexity index is 1130. The zero-order valence-electron chi connectivity index (χ0n) is 17.5. The number of aromatic nitrogens is 3. The number of pyridine rings is 1. The Kier molecular flexibility index (Phi) is 4.49. The summed E-state index contributed by atoms with van der Waals surface area (Å²) in [7, 11) is 1.60. The van der Waals surface area contributed by atoms with Gasteiger partial charge in [0.25, 0.3) is 0 Å². The Morgan fingerprint density at radius 2 is 1.94 bits per heavy atom. The monoisotopic (exact) mass is 415 g/mol. The quantitative estimate of drug-likeness (QED) is 0.684. The first-order chi connectivity index (χ1) is 15.3.